The lowest BCUT2D eigenvalue weighted by atomic mass is 10.2. The maximum Gasteiger partial charge on any atom is 0.387 e. The first-order valence-corrected chi connectivity index (χ1v) is 8.57. The number of nitrogens with zero attached hydrogens (tertiary/aromatic N) is 2. The van der Waals surface area contributed by atoms with Crippen molar-refractivity contribution in [3.8, 4) is 5.75 Å². The summed E-state index contributed by atoms with van der Waals surface area (Å²) in [6.07, 6.45) is 2.92. The Morgan fingerprint density at radius 3 is 2.67 bits per heavy atom. The van der Waals surface area contributed by atoms with Gasteiger partial charge < -0.3 is 14.9 Å². The standard InChI is InChI=1S/C17H13F2N3O4S/c18-16(19)26-11-5-3-10(4-6-11)22-15(24)13(8-12-2-1-7-25-12)21-17(22)27-9-14(20)23/h1-8,16H,9H2,(H2,20,23). The van der Waals surface area contributed by atoms with Crippen LogP contribution in [0, 0.1) is 0 Å². The molecule has 7 nitrogen and oxygen atoms in total. The number of carbonyl (C=O) groups is 2. The number of benzene rings is 1. The van der Waals surface area contributed by atoms with Crippen molar-refractivity contribution in [2.24, 2.45) is 10.7 Å². The highest BCUT2D eigenvalue weighted by Gasteiger charge is 2.32. The fourth-order valence-electron chi connectivity index (χ4n) is 2.24. The quantitative estimate of drug-likeness (QED) is 0.761. The molecule has 0 spiro atoms. The molecule has 0 aliphatic carbocycles. The number of ether oxygens (including phenoxy) is 1. The van der Waals surface area contributed by atoms with Gasteiger partial charge in [0.05, 0.1) is 17.7 Å². The number of carbonyl (C=O) groups excluding carboxylic acids is 2. The van der Waals surface area contributed by atoms with Crippen LogP contribution in [0.25, 0.3) is 6.08 Å². The Kier molecular flexibility index (Phi) is 5.55. The van der Waals surface area contributed by atoms with E-state index >= 15 is 0 Å². The lowest BCUT2D eigenvalue weighted by Gasteiger charge is -2.17. The molecule has 27 heavy (non-hydrogen) atoms. The van der Waals surface area contributed by atoms with Crippen molar-refractivity contribution in [2.75, 3.05) is 10.7 Å². The predicted molar refractivity (Wildman–Crippen MR) is 96.3 cm³/mol. The average molecular weight is 393 g/mol. The second-order valence-electron chi connectivity index (χ2n) is 5.21. The number of rotatable bonds is 6. The van der Waals surface area contributed by atoms with Gasteiger partial charge >= 0.3 is 6.61 Å². The third-order valence-corrected chi connectivity index (χ3v) is 4.28. The normalized spacial score (nSPS) is 15.5. The monoisotopic (exact) mass is 393 g/mol. The van der Waals surface area contributed by atoms with Gasteiger partial charge in [0.25, 0.3) is 5.91 Å². The summed E-state index contributed by atoms with van der Waals surface area (Å²) < 4.78 is 34.1. The van der Waals surface area contributed by atoms with E-state index in [9.17, 15) is 18.4 Å². The molecule has 0 fully saturated rings. The number of alkyl halides is 2. The van der Waals surface area contributed by atoms with E-state index in [1.165, 1.54) is 41.5 Å². The van der Waals surface area contributed by atoms with Crippen LogP contribution < -0.4 is 15.4 Å². The van der Waals surface area contributed by atoms with Crippen molar-refractivity contribution in [2.45, 2.75) is 6.61 Å². The summed E-state index contributed by atoms with van der Waals surface area (Å²) >= 11 is 0.988. The Hall–Kier alpha value is -3.14. The summed E-state index contributed by atoms with van der Waals surface area (Å²) in [6.45, 7) is -2.95. The molecule has 3 rings (SSSR count). The number of primary amides is 1. The molecule has 140 valence electrons. The van der Waals surface area contributed by atoms with Crippen molar-refractivity contribution < 1.29 is 27.5 Å². The largest absolute Gasteiger partial charge is 0.465 e. The van der Waals surface area contributed by atoms with E-state index < -0.39 is 18.4 Å². The number of furan rings is 1. The number of amidine groups is 1. The lowest BCUT2D eigenvalue weighted by Crippen LogP contribution is -2.31. The first kappa shape index (κ1) is 18.6. The number of amides is 2. The van der Waals surface area contributed by atoms with Crippen molar-refractivity contribution >= 4 is 40.5 Å². The minimum absolute atomic E-state index is 0.0463. The molecule has 2 heterocycles. The molecule has 1 aromatic carbocycles. The molecule has 10 heteroatoms. The molecule has 1 aliphatic heterocycles. The van der Waals surface area contributed by atoms with Crippen LogP contribution in [0.3, 0.4) is 0 Å². The van der Waals surface area contributed by atoms with Crippen LogP contribution in [0.4, 0.5) is 14.5 Å². The number of anilines is 1. The first-order chi connectivity index (χ1) is 12.9. The van der Waals surface area contributed by atoms with Crippen LogP contribution in [0.1, 0.15) is 5.76 Å². The Balaban J connectivity index is 1.90. The Morgan fingerprint density at radius 2 is 2.07 bits per heavy atom. The highest BCUT2D eigenvalue weighted by Crippen LogP contribution is 2.30. The summed E-state index contributed by atoms with van der Waals surface area (Å²) in [4.78, 5) is 29.4. The molecule has 2 aromatic rings. The van der Waals surface area contributed by atoms with Crippen molar-refractivity contribution in [1.29, 1.82) is 0 Å². The lowest BCUT2D eigenvalue weighted by molar-refractivity contribution is -0.115. The van der Waals surface area contributed by atoms with Crippen LogP contribution >= 0.6 is 11.8 Å². The summed E-state index contributed by atoms with van der Waals surface area (Å²) in [5.74, 6) is -0.720. The zero-order valence-corrected chi connectivity index (χ0v) is 14.5. The van der Waals surface area contributed by atoms with Crippen LogP contribution in [0.5, 0.6) is 5.75 Å². The zero-order valence-electron chi connectivity index (χ0n) is 13.7. The third kappa shape index (κ3) is 4.53. The summed E-state index contributed by atoms with van der Waals surface area (Å²) in [5, 5.41) is 0.235. The van der Waals surface area contributed by atoms with Gasteiger partial charge in [-0.1, -0.05) is 11.8 Å². The van der Waals surface area contributed by atoms with Crippen molar-refractivity contribution in [3.63, 3.8) is 0 Å². The van der Waals surface area contributed by atoms with Gasteiger partial charge in [0.15, 0.2) is 5.17 Å². The molecular weight excluding hydrogens is 380 g/mol. The van der Waals surface area contributed by atoms with Crippen LogP contribution in [0.2, 0.25) is 0 Å². The van der Waals surface area contributed by atoms with E-state index in [0.717, 1.165) is 11.8 Å². The van der Waals surface area contributed by atoms with Gasteiger partial charge in [-0.2, -0.15) is 8.78 Å². The maximum atomic E-state index is 12.8. The van der Waals surface area contributed by atoms with Gasteiger partial charge in [0.1, 0.15) is 17.2 Å². The molecular formula is C17H13F2N3O4S. The van der Waals surface area contributed by atoms with Gasteiger partial charge in [0.2, 0.25) is 5.91 Å². The van der Waals surface area contributed by atoms with Crippen molar-refractivity contribution in [3.05, 3.63) is 54.1 Å². The predicted octanol–water partition coefficient (Wildman–Crippen LogP) is 2.84. The van der Waals surface area contributed by atoms with Crippen molar-refractivity contribution in [1.82, 2.24) is 0 Å². The van der Waals surface area contributed by atoms with E-state index in [1.54, 1.807) is 12.1 Å². The summed E-state index contributed by atoms with van der Waals surface area (Å²) in [6, 6.07) is 8.80. The van der Waals surface area contributed by atoms with Gasteiger partial charge in [-0.15, -0.1) is 0 Å². The van der Waals surface area contributed by atoms with Crippen LogP contribution in [-0.2, 0) is 9.59 Å². The average Bonchev–Trinajstić information content (AvgIpc) is 3.22. The summed E-state index contributed by atoms with van der Waals surface area (Å²) in [7, 11) is 0. The maximum absolute atomic E-state index is 12.8. The highest BCUT2D eigenvalue weighted by molar-refractivity contribution is 8.14. The van der Waals surface area contributed by atoms with Gasteiger partial charge in [0, 0.05) is 6.08 Å². The molecule has 0 atom stereocenters. The SMILES string of the molecule is NC(=O)CSC1=NC(=Cc2ccco2)C(=O)N1c1ccc(OC(F)F)cc1. The van der Waals surface area contributed by atoms with E-state index in [0.29, 0.717) is 11.4 Å². The number of hydrogen-bond donors (Lipinski definition) is 1. The highest BCUT2D eigenvalue weighted by atomic mass is 32.2. The van der Waals surface area contributed by atoms with Gasteiger partial charge in [-0.05, 0) is 36.4 Å². The number of aliphatic imine (C=N–C) groups is 1. The first-order valence-electron chi connectivity index (χ1n) is 7.58. The number of thioether (sulfide) groups is 1. The molecule has 0 saturated heterocycles. The fraction of sp³-hybridized carbons (Fsp3) is 0.118. The number of nitrogens with two attached hydrogens (primary N) is 1. The molecule has 0 saturated carbocycles. The molecule has 2 amide bonds. The van der Waals surface area contributed by atoms with E-state index in [1.807, 2.05) is 0 Å². The van der Waals surface area contributed by atoms with E-state index in [4.69, 9.17) is 10.2 Å². The van der Waals surface area contributed by atoms with E-state index in [-0.39, 0.29) is 22.4 Å². The Bertz CT molecular complexity index is 895. The molecule has 0 bridgehead atoms. The third-order valence-electron chi connectivity index (χ3n) is 3.32. The minimum Gasteiger partial charge on any atom is -0.465 e. The molecule has 2 N–H and O–H groups in total. The van der Waals surface area contributed by atoms with Crippen LogP contribution in [-0.4, -0.2) is 29.3 Å². The van der Waals surface area contributed by atoms with E-state index in [2.05, 4.69) is 9.73 Å². The molecule has 0 unspecified atom stereocenters. The zero-order chi connectivity index (χ0) is 19.4. The Labute approximate surface area is 156 Å². The Morgan fingerprint density at radius 1 is 1.33 bits per heavy atom. The number of halogens is 2. The van der Waals surface area contributed by atoms with Crippen LogP contribution in [0.15, 0.2) is 57.8 Å². The second-order valence-corrected chi connectivity index (χ2v) is 6.15. The topological polar surface area (TPSA) is 98.1 Å². The fourth-order valence-corrected chi connectivity index (χ4v) is 2.99. The number of hydrogen-bond acceptors (Lipinski definition) is 6. The molecule has 1 aromatic heterocycles. The minimum atomic E-state index is -2.95. The van der Waals surface area contributed by atoms with Gasteiger partial charge in [-0.25, -0.2) is 4.99 Å². The molecule has 0 radical (unpaired) electrons. The second kappa shape index (κ2) is 8.04. The smallest absolute Gasteiger partial charge is 0.387 e. The summed E-state index contributed by atoms with van der Waals surface area (Å²) in [5.41, 5.74) is 5.64. The van der Waals surface area contributed by atoms with Gasteiger partial charge in [-0.3, -0.25) is 14.5 Å². The molecule has 1 aliphatic rings.